The summed E-state index contributed by atoms with van der Waals surface area (Å²) in [6.45, 7) is -1.01. The molecular formula is C22H27N9O14P2. The molecule has 47 heavy (non-hydrogen) atoms. The topological polar surface area (TPSA) is 313 Å². The van der Waals surface area contributed by atoms with Gasteiger partial charge in [0.15, 0.2) is 35.1 Å². The fourth-order valence-electron chi connectivity index (χ4n) is 5.66. The highest BCUT2D eigenvalue weighted by molar-refractivity contribution is 7.47. The lowest BCUT2D eigenvalue weighted by molar-refractivity contribution is -0.106. The molecule has 25 heteroatoms. The van der Waals surface area contributed by atoms with Crippen molar-refractivity contribution in [3.63, 3.8) is 0 Å². The van der Waals surface area contributed by atoms with Gasteiger partial charge < -0.3 is 44.9 Å². The van der Waals surface area contributed by atoms with E-state index in [1.165, 1.54) is 22.4 Å². The van der Waals surface area contributed by atoms with Gasteiger partial charge >= 0.3 is 15.6 Å². The summed E-state index contributed by atoms with van der Waals surface area (Å²) in [4.78, 5) is 56.9. The third-order valence-corrected chi connectivity index (χ3v) is 9.63. The number of nitrogens with zero attached hydrogens (tertiary/aromatic N) is 7. The Labute approximate surface area is 261 Å². The SMILES string of the molecule is Cc1nc2c(ncn2[C@@H]2O[C@@H]3COP(=O)(O)O[C@@H]4C(O)[C@H](n5cnc6c(N)ncnc65)O[C@@H]4COP(=O)(O)OC2[C@H]3OCO)c(=O)[nH]1. The first-order valence-electron chi connectivity index (χ1n) is 13.7. The summed E-state index contributed by atoms with van der Waals surface area (Å²) >= 11 is 0. The summed E-state index contributed by atoms with van der Waals surface area (Å²) in [7, 11) is -10.2. The van der Waals surface area contributed by atoms with E-state index in [4.69, 9.17) is 38.0 Å². The molecule has 7 N–H and O–H groups in total. The molecule has 254 valence electrons. The molecule has 10 atom stereocenters. The van der Waals surface area contributed by atoms with Crippen molar-refractivity contribution in [2.45, 2.75) is 56.0 Å². The molecule has 0 spiro atoms. The van der Waals surface area contributed by atoms with E-state index in [0.717, 1.165) is 12.7 Å². The molecule has 3 aliphatic heterocycles. The lowest BCUT2D eigenvalue weighted by atomic mass is 10.1. The fourth-order valence-corrected chi connectivity index (χ4v) is 7.55. The van der Waals surface area contributed by atoms with Crippen molar-refractivity contribution in [1.29, 1.82) is 0 Å². The van der Waals surface area contributed by atoms with Gasteiger partial charge in [-0.25, -0.2) is 34.0 Å². The first-order chi connectivity index (χ1) is 22.4. The summed E-state index contributed by atoms with van der Waals surface area (Å²) < 4.78 is 67.6. The number of phosphoric acid groups is 2. The van der Waals surface area contributed by atoms with Gasteiger partial charge in [0.2, 0.25) is 0 Å². The molecule has 2 bridgehead atoms. The molecule has 0 saturated carbocycles. The Morgan fingerprint density at radius 2 is 1.60 bits per heavy atom. The van der Waals surface area contributed by atoms with Gasteiger partial charge in [0, 0.05) is 0 Å². The van der Waals surface area contributed by atoms with Crippen LogP contribution in [0.5, 0.6) is 0 Å². The first-order valence-corrected chi connectivity index (χ1v) is 16.7. The number of nitrogen functional groups attached to an aromatic ring is 1. The number of ether oxygens (including phenoxy) is 3. The monoisotopic (exact) mass is 703 g/mol. The number of imidazole rings is 2. The van der Waals surface area contributed by atoms with Gasteiger partial charge in [-0.15, -0.1) is 0 Å². The van der Waals surface area contributed by atoms with E-state index < -0.39 is 90.3 Å². The minimum Gasteiger partial charge on any atom is -0.386 e. The average Bonchev–Trinajstić information content (AvgIpc) is 3.76. The van der Waals surface area contributed by atoms with Crippen molar-refractivity contribution in [3.05, 3.63) is 35.2 Å². The Bertz CT molecular complexity index is 1970. The van der Waals surface area contributed by atoms with E-state index in [9.17, 15) is 33.9 Å². The summed E-state index contributed by atoms with van der Waals surface area (Å²) in [6.07, 6.45) is -8.46. The number of aromatic nitrogens is 8. The fraction of sp³-hybridized carbons (Fsp3) is 0.545. The molecule has 3 saturated heterocycles. The maximum Gasteiger partial charge on any atom is 0.472 e. The zero-order valence-corrected chi connectivity index (χ0v) is 25.7. The quantitative estimate of drug-likeness (QED) is 0.102. The summed E-state index contributed by atoms with van der Waals surface area (Å²) in [5.74, 6) is 0.251. The van der Waals surface area contributed by atoms with E-state index in [0.29, 0.717) is 0 Å². The van der Waals surface area contributed by atoms with E-state index in [2.05, 4.69) is 29.9 Å². The number of rotatable bonds is 4. The van der Waals surface area contributed by atoms with Crippen LogP contribution in [0, 0.1) is 6.92 Å². The van der Waals surface area contributed by atoms with Crippen molar-refractivity contribution >= 4 is 43.8 Å². The van der Waals surface area contributed by atoms with Crippen LogP contribution < -0.4 is 11.3 Å². The number of aryl methyl sites for hydroxylation is 1. The smallest absolute Gasteiger partial charge is 0.386 e. The second kappa shape index (κ2) is 12.0. The van der Waals surface area contributed by atoms with Crippen molar-refractivity contribution < 1.29 is 61.4 Å². The lowest BCUT2D eigenvalue weighted by Crippen LogP contribution is -2.38. The van der Waals surface area contributed by atoms with Gasteiger partial charge in [0.05, 0.1) is 25.9 Å². The van der Waals surface area contributed by atoms with Crippen LogP contribution in [0.25, 0.3) is 22.3 Å². The van der Waals surface area contributed by atoms with Gasteiger partial charge in [-0.05, 0) is 6.92 Å². The van der Waals surface area contributed by atoms with Crippen LogP contribution in [0.3, 0.4) is 0 Å². The predicted molar refractivity (Wildman–Crippen MR) is 150 cm³/mol. The second-order valence-electron chi connectivity index (χ2n) is 10.6. The number of anilines is 1. The number of fused-ring (bicyclic) bond motifs is 5. The average molecular weight is 703 g/mol. The highest BCUT2D eigenvalue weighted by Gasteiger charge is 2.54. The van der Waals surface area contributed by atoms with Crippen LogP contribution in [0.4, 0.5) is 5.82 Å². The second-order valence-corrected chi connectivity index (χ2v) is 13.4. The van der Waals surface area contributed by atoms with E-state index >= 15 is 0 Å². The molecule has 4 aromatic rings. The lowest BCUT2D eigenvalue weighted by Gasteiger charge is -2.26. The van der Waals surface area contributed by atoms with Crippen LogP contribution in [-0.4, -0.2) is 116 Å². The van der Waals surface area contributed by atoms with Crippen molar-refractivity contribution in [1.82, 2.24) is 39.0 Å². The zero-order valence-electron chi connectivity index (χ0n) is 23.9. The molecule has 7 heterocycles. The van der Waals surface area contributed by atoms with Gasteiger partial charge in [-0.1, -0.05) is 0 Å². The molecule has 0 aliphatic carbocycles. The molecule has 7 rings (SSSR count). The standard InChI is InChI=1S/C22H27N9O14P2/c1-8-28-19-12(20(34)29-8)27-6-31(19)22-16-15(39-7-32)10(43-22)3-41-46(35,36)44-14-9(2-40-47(37,38)45-16)42-21(13(14)33)30-5-26-11-17(23)24-4-25-18(11)30/h4-6,9-10,13-16,21-22,32-33H,2-3,7H2,1H3,(H,35,36)(H,37,38)(H2,23,24,25)(H,28,29,34)/t9-,10-,13?,14+,15+,16?,21-,22-/m1/s1. The predicted octanol–water partition coefficient (Wildman–Crippen LogP) is -1.64. The Morgan fingerprint density at radius 3 is 2.32 bits per heavy atom. The molecule has 0 radical (unpaired) electrons. The first kappa shape index (κ1) is 32.3. The Morgan fingerprint density at radius 1 is 0.957 bits per heavy atom. The highest BCUT2D eigenvalue weighted by atomic mass is 31.2. The van der Waals surface area contributed by atoms with Gasteiger partial charge in [0.1, 0.15) is 61.1 Å². The number of nitrogens with one attached hydrogen (secondary N) is 1. The molecular weight excluding hydrogens is 676 g/mol. The number of nitrogens with two attached hydrogens (primary N) is 1. The van der Waals surface area contributed by atoms with Crippen LogP contribution in [-0.2, 0) is 41.4 Å². The number of H-pyrrole nitrogens is 1. The maximum absolute atomic E-state index is 13.4. The summed E-state index contributed by atoms with van der Waals surface area (Å²) in [5.41, 5.74) is 5.50. The van der Waals surface area contributed by atoms with Crippen LogP contribution in [0.1, 0.15) is 18.3 Å². The largest absolute Gasteiger partial charge is 0.472 e. The van der Waals surface area contributed by atoms with Crippen LogP contribution >= 0.6 is 15.6 Å². The third-order valence-electron chi connectivity index (χ3n) is 7.66. The number of hydrogen-bond donors (Lipinski definition) is 6. The van der Waals surface area contributed by atoms with Crippen LogP contribution in [0.15, 0.2) is 23.8 Å². The van der Waals surface area contributed by atoms with Crippen molar-refractivity contribution in [2.75, 3.05) is 25.7 Å². The molecule has 0 aromatic carbocycles. The molecule has 3 aliphatic rings. The maximum atomic E-state index is 13.4. The minimum atomic E-state index is -5.11. The number of aliphatic hydroxyl groups is 2. The Balaban J connectivity index is 1.23. The summed E-state index contributed by atoms with van der Waals surface area (Å²) in [6, 6.07) is 0. The molecule has 3 fully saturated rings. The van der Waals surface area contributed by atoms with Crippen LogP contribution in [0.2, 0.25) is 0 Å². The van der Waals surface area contributed by atoms with Gasteiger partial charge in [-0.3, -0.25) is 32.0 Å². The molecule has 0 amide bonds. The number of aromatic amines is 1. The zero-order chi connectivity index (χ0) is 33.2. The highest BCUT2D eigenvalue weighted by Crippen LogP contribution is 2.54. The molecule has 4 aromatic heterocycles. The number of hydrogen-bond acceptors (Lipinski definition) is 18. The van der Waals surface area contributed by atoms with Gasteiger partial charge in [0.25, 0.3) is 5.56 Å². The van der Waals surface area contributed by atoms with E-state index in [1.54, 1.807) is 0 Å². The number of phosphoric ester groups is 2. The van der Waals surface area contributed by atoms with Crippen molar-refractivity contribution in [2.24, 2.45) is 0 Å². The third kappa shape index (κ3) is 5.88. The Hall–Kier alpha value is -3.28. The van der Waals surface area contributed by atoms with Gasteiger partial charge in [-0.2, -0.15) is 0 Å². The molecule has 4 unspecified atom stereocenters. The normalized spacial score (nSPS) is 36.6. The number of aliphatic hydroxyl groups excluding tert-OH is 2. The summed E-state index contributed by atoms with van der Waals surface area (Å²) in [5, 5.41) is 20.8. The molecule has 23 nitrogen and oxygen atoms in total. The van der Waals surface area contributed by atoms with Crippen molar-refractivity contribution in [3.8, 4) is 0 Å². The Kier molecular flexibility index (Phi) is 8.24. The van der Waals surface area contributed by atoms with E-state index in [1.807, 2.05) is 0 Å². The minimum absolute atomic E-state index is 0.00131. The van der Waals surface area contributed by atoms with E-state index in [-0.39, 0.29) is 34.0 Å².